The van der Waals surface area contributed by atoms with Crippen LogP contribution >= 0.6 is 0 Å². The number of sulfonamides is 1. The number of nitrogens with one attached hydrogen (secondary N) is 1. The molecule has 2 aromatic heterocycles. The van der Waals surface area contributed by atoms with Crippen LogP contribution in [0.15, 0.2) is 63.7 Å². The molecule has 0 aliphatic heterocycles. The summed E-state index contributed by atoms with van der Waals surface area (Å²) >= 11 is 0. The predicted octanol–water partition coefficient (Wildman–Crippen LogP) is 2.70. The van der Waals surface area contributed by atoms with Crippen LogP contribution in [-0.4, -0.2) is 28.2 Å². The average molecular weight is 396 g/mol. The van der Waals surface area contributed by atoms with Crippen LogP contribution in [0.4, 0.5) is 17.2 Å². The van der Waals surface area contributed by atoms with E-state index in [9.17, 15) is 8.42 Å². The summed E-state index contributed by atoms with van der Waals surface area (Å²) in [5, 5.41) is 17.7. The lowest BCUT2D eigenvalue weighted by Crippen LogP contribution is -2.11. The summed E-state index contributed by atoms with van der Waals surface area (Å²) in [6.07, 6.45) is 0. The predicted molar refractivity (Wildman–Crippen MR) is 104 cm³/mol. The number of benzene rings is 2. The molecule has 10 nitrogen and oxygen atoms in total. The van der Waals surface area contributed by atoms with E-state index in [2.05, 4.69) is 25.3 Å². The summed E-state index contributed by atoms with van der Waals surface area (Å²) in [4.78, 5) is 7.63. The third-order valence-corrected chi connectivity index (χ3v) is 5.00. The van der Waals surface area contributed by atoms with E-state index in [1.165, 1.54) is 28.9 Å². The van der Waals surface area contributed by atoms with Gasteiger partial charge in [0.15, 0.2) is 11.5 Å². The fourth-order valence-corrected chi connectivity index (χ4v) is 3.19. The Kier molecular flexibility index (Phi) is 4.17. The number of anilines is 1. The smallest absolute Gasteiger partial charge is 0.238 e. The van der Waals surface area contributed by atoms with Gasteiger partial charge in [0, 0.05) is 0 Å². The lowest BCUT2D eigenvalue weighted by atomic mass is 10.3. The first kappa shape index (κ1) is 17.8. The van der Waals surface area contributed by atoms with Crippen LogP contribution in [0.25, 0.3) is 17.0 Å². The SMILES string of the molecule is Cc1nn(-c2nc3ccccc3[nH]2)c(N)c1N=Nc1ccc(S(N)(=O)=O)cc1. The molecule has 4 aromatic rings. The van der Waals surface area contributed by atoms with Crippen LogP contribution in [0, 0.1) is 6.92 Å². The molecule has 11 heteroatoms. The Morgan fingerprint density at radius 1 is 1.07 bits per heavy atom. The van der Waals surface area contributed by atoms with Gasteiger partial charge in [0.2, 0.25) is 16.0 Å². The summed E-state index contributed by atoms with van der Waals surface area (Å²) in [5.74, 6) is 0.752. The van der Waals surface area contributed by atoms with E-state index >= 15 is 0 Å². The number of imidazole rings is 1. The minimum absolute atomic E-state index is 0.000139. The molecule has 0 saturated heterocycles. The zero-order chi connectivity index (χ0) is 19.9. The summed E-state index contributed by atoms with van der Waals surface area (Å²) in [5.41, 5.74) is 9.27. The third-order valence-electron chi connectivity index (χ3n) is 4.07. The molecular weight excluding hydrogens is 380 g/mol. The number of nitrogen functional groups attached to an aromatic ring is 1. The number of rotatable bonds is 4. The van der Waals surface area contributed by atoms with Gasteiger partial charge in [-0.25, -0.2) is 18.5 Å². The van der Waals surface area contributed by atoms with Crippen molar-refractivity contribution in [2.45, 2.75) is 11.8 Å². The van der Waals surface area contributed by atoms with E-state index in [0.29, 0.717) is 23.0 Å². The van der Waals surface area contributed by atoms with E-state index in [-0.39, 0.29) is 10.7 Å². The zero-order valence-electron chi connectivity index (χ0n) is 14.7. The zero-order valence-corrected chi connectivity index (χ0v) is 15.6. The average Bonchev–Trinajstić information content (AvgIpc) is 3.20. The maximum absolute atomic E-state index is 11.3. The quantitative estimate of drug-likeness (QED) is 0.452. The molecule has 0 fully saturated rings. The normalized spacial score (nSPS) is 12.2. The molecule has 0 spiro atoms. The van der Waals surface area contributed by atoms with Gasteiger partial charge in [-0.2, -0.15) is 14.9 Å². The Balaban J connectivity index is 1.66. The van der Waals surface area contributed by atoms with Crippen molar-refractivity contribution in [3.8, 4) is 5.95 Å². The molecular formula is C17H16N8O2S. The van der Waals surface area contributed by atoms with Crippen molar-refractivity contribution < 1.29 is 8.42 Å². The maximum atomic E-state index is 11.3. The summed E-state index contributed by atoms with van der Waals surface area (Å²) in [7, 11) is -3.75. The molecule has 5 N–H and O–H groups in total. The second-order valence-electron chi connectivity index (χ2n) is 6.05. The van der Waals surface area contributed by atoms with Crippen LogP contribution in [0.3, 0.4) is 0 Å². The molecule has 4 rings (SSSR count). The number of aryl methyl sites for hydroxylation is 1. The summed E-state index contributed by atoms with van der Waals surface area (Å²) < 4.78 is 24.1. The number of primary sulfonamides is 1. The molecule has 0 amide bonds. The van der Waals surface area contributed by atoms with E-state index in [4.69, 9.17) is 10.9 Å². The number of hydrogen-bond acceptors (Lipinski definition) is 7. The number of aromatic amines is 1. The van der Waals surface area contributed by atoms with Crippen LogP contribution in [0.5, 0.6) is 0 Å². The van der Waals surface area contributed by atoms with Crippen molar-refractivity contribution in [3.63, 3.8) is 0 Å². The molecule has 0 radical (unpaired) electrons. The molecule has 0 saturated carbocycles. The molecule has 2 aromatic carbocycles. The van der Waals surface area contributed by atoms with Crippen LogP contribution in [0.1, 0.15) is 5.69 Å². The largest absolute Gasteiger partial charge is 0.382 e. The topological polar surface area (TPSA) is 157 Å². The number of nitrogens with two attached hydrogens (primary N) is 2. The van der Waals surface area contributed by atoms with Gasteiger partial charge < -0.3 is 10.7 Å². The van der Waals surface area contributed by atoms with Gasteiger partial charge in [-0.3, -0.25) is 0 Å². The molecule has 0 unspecified atom stereocenters. The minimum atomic E-state index is -3.75. The van der Waals surface area contributed by atoms with Gasteiger partial charge >= 0.3 is 0 Å². The number of fused-ring (bicyclic) bond motifs is 1. The van der Waals surface area contributed by atoms with E-state index in [1.807, 2.05) is 24.3 Å². The molecule has 142 valence electrons. The monoisotopic (exact) mass is 396 g/mol. The van der Waals surface area contributed by atoms with Crippen molar-refractivity contribution >= 4 is 38.2 Å². The fourth-order valence-electron chi connectivity index (χ4n) is 2.67. The Labute approximate surface area is 160 Å². The van der Waals surface area contributed by atoms with E-state index < -0.39 is 10.0 Å². The van der Waals surface area contributed by atoms with Gasteiger partial charge in [0.1, 0.15) is 0 Å². The molecule has 0 bridgehead atoms. The lowest BCUT2D eigenvalue weighted by Gasteiger charge is -1.99. The van der Waals surface area contributed by atoms with Gasteiger partial charge in [-0.1, -0.05) is 12.1 Å². The van der Waals surface area contributed by atoms with Gasteiger partial charge in [0.05, 0.1) is 27.3 Å². The molecule has 0 aliphatic carbocycles. The van der Waals surface area contributed by atoms with Crippen molar-refractivity contribution in [2.24, 2.45) is 15.4 Å². The first-order chi connectivity index (χ1) is 13.3. The standard InChI is InChI=1S/C17H16N8O2S/c1-10-15(23-22-11-6-8-12(9-7-11)28(19,26)27)16(18)25(24-10)17-20-13-4-2-3-5-14(13)21-17/h2-9H,18H2,1H3,(H,20,21)(H2,19,26,27). The summed E-state index contributed by atoms with van der Waals surface area (Å²) in [6.45, 7) is 1.76. The minimum Gasteiger partial charge on any atom is -0.382 e. The Hall–Kier alpha value is -3.57. The molecule has 28 heavy (non-hydrogen) atoms. The van der Waals surface area contributed by atoms with Gasteiger partial charge in [0.25, 0.3) is 0 Å². The Morgan fingerprint density at radius 3 is 2.46 bits per heavy atom. The van der Waals surface area contributed by atoms with Crippen LogP contribution in [-0.2, 0) is 10.0 Å². The highest BCUT2D eigenvalue weighted by atomic mass is 32.2. The van der Waals surface area contributed by atoms with Crippen molar-refractivity contribution in [1.29, 1.82) is 0 Å². The van der Waals surface area contributed by atoms with Crippen molar-refractivity contribution in [2.75, 3.05) is 5.73 Å². The lowest BCUT2D eigenvalue weighted by molar-refractivity contribution is 0.598. The fraction of sp³-hybridized carbons (Fsp3) is 0.0588. The number of para-hydroxylation sites is 2. The second kappa shape index (κ2) is 6.55. The number of hydrogen-bond donors (Lipinski definition) is 3. The first-order valence-corrected chi connectivity index (χ1v) is 9.72. The second-order valence-corrected chi connectivity index (χ2v) is 7.61. The van der Waals surface area contributed by atoms with Crippen LogP contribution < -0.4 is 10.9 Å². The third kappa shape index (κ3) is 3.23. The number of azo groups is 1. The summed E-state index contributed by atoms with van der Waals surface area (Å²) in [6, 6.07) is 13.3. The van der Waals surface area contributed by atoms with Gasteiger partial charge in [-0.15, -0.1) is 5.11 Å². The maximum Gasteiger partial charge on any atom is 0.238 e. The highest BCUT2D eigenvalue weighted by Gasteiger charge is 2.16. The highest BCUT2D eigenvalue weighted by molar-refractivity contribution is 7.89. The number of nitrogens with zero attached hydrogens (tertiary/aromatic N) is 5. The highest BCUT2D eigenvalue weighted by Crippen LogP contribution is 2.30. The first-order valence-electron chi connectivity index (χ1n) is 8.18. The van der Waals surface area contributed by atoms with Gasteiger partial charge in [-0.05, 0) is 43.3 Å². The molecule has 0 atom stereocenters. The Morgan fingerprint density at radius 2 is 1.79 bits per heavy atom. The molecule has 2 heterocycles. The van der Waals surface area contributed by atoms with Crippen molar-refractivity contribution in [1.82, 2.24) is 19.7 Å². The van der Waals surface area contributed by atoms with Crippen LogP contribution in [0.2, 0.25) is 0 Å². The number of aromatic nitrogens is 4. The molecule has 0 aliphatic rings. The van der Waals surface area contributed by atoms with E-state index in [1.54, 1.807) is 6.92 Å². The number of H-pyrrole nitrogens is 1. The Bertz CT molecular complexity index is 1270. The van der Waals surface area contributed by atoms with Crippen molar-refractivity contribution in [3.05, 3.63) is 54.2 Å². The van der Waals surface area contributed by atoms with E-state index in [0.717, 1.165) is 11.0 Å².